The van der Waals surface area contributed by atoms with Gasteiger partial charge in [-0.15, -0.1) is 0 Å². The highest BCUT2D eigenvalue weighted by atomic mass is 16.4. The third kappa shape index (κ3) is 5.48. The molecule has 0 aliphatic rings. The molecule has 0 amide bonds. The summed E-state index contributed by atoms with van der Waals surface area (Å²) in [5.41, 5.74) is 10.0. The Morgan fingerprint density at radius 1 is 1.92 bits per heavy atom. The molecule has 0 aromatic carbocycles. The van der Waals surface area contributed by atoms with Gasteiger partial charge in [-0.2, -0.15) is 0 Å². The van der Waals surface area contributed by atoms with Gasteiger partial charge in [-0.3, -0.25) is 10.2 Å². The van der Waals surface area contributed by atoms with E-state index >= 15 is 0 Å². The topological polar surface area (TPSA) is 125 Å². The van der Waals surface area contributed by atoms with Crippen molar-refractivity contribution in [2.24, 2.45) is 11.5 Å². The van der Waals surface area contributed by atoms with Gasteiger partial charge < -0.3 is 21.9 Å². The summed E-state index contributed by atoms with van der Waals surface area (Å²) >= 11 is 0. The fourth-order valence-electron chi connectivity index (χ4n) is 0.462. The minimum atomic E-state index is -2.23. The van der Waals surface area contributed by atoms with E-state index < -0.39 is 30.9 Å². The van der Waals surface area contributed by atoms with Crippen LogP contribution in [0.1, 0.15) is 17.0 Å². The number of nitrogens with one attached hydrogen (secondary N) is 2. The Labute approximate surface area is 74.6 Å². The number of hydrogen-bond donors (Lipinski definition) is 5. The van der Waals surface area contributed by atoms with Crippen molar-refractivity contribution in [2.75, 3.05) is 6.50 Å². The van der Waals surface area contributed by atoms with E-state index in [9.17, 15) is 4.79 Å². The summed E-state index contributed by atoms with van der Waals surface area (Å²) in [6, 6.07) is -2.23. The highest BCUT2D eigenvalue weighted by Crippen LogP contribution is 1.92. The van der Waals surface area contributed by atoms with Crippen LogP contribution in [0.3, 0.4) is 0 Å². The summed E-state index contributed by atoms with van der Waals surface area (Å²) in [4.78, 5) is 10.4. The number of hydrogen-bond acceptors (Lipinski definition) is 3. The van der Waals surface area contributed by atoms with Crippen molar-refractivity contribution in [3.63, 3.8) is 0 Å². The molecule has 0 aromatic rings. The normalized spacial score (nSPS) is 19.6. The first-order valence-corrected chi connectivity index (χ1v) is 3.21. The lowest BCUT2D eigenvalue weighted by Gasteiger charge is -2.06. The molecule has 0 spiro atoms. The number of carboxylic acids is 1. The fourth-order valence-corrected chi connectivity index (χ4v) is 0.462. The SMILES string of the molecule is [2H][C@](N)(CC[12C]([2H])([2H])NC(=N)N)C(=O)O. The maximum Gasteiger partial charge on any atom is 0.320 e. The molecule has 0 saturated heterocycles. The van der Waals surface area contributed by atoms with Gasteiger partial charge in [-0.25, -0.2) is 0 Å². The van der Waals surface area contributed by atoms with Gasteiger partial charge in [-0.1, -0.05) is 0 Å². The Hall–Kier alpha value is -1.30. The van der Waals surface area contributed by atoms with Crippen LogP contribution in [-0.2, 0) is 4.79 Å². The second-order valence-corrected chi connectivity index (χ2v) is 2.05. The Balaban J connectivity index is 4.25. The molecular weight excluding hydrogens is 160 g/mol. The van der Waals surface area contributed by atoms with E-state index in [1.165, 1.54) is 0 Å². The van der Waals surface area contributed by atoms with Crippen LogP contribution in [-0.4, -0.2) is 29.6 Å². The molecule has 6 nitrogen and oxygen atoms in total. The van der Waals surface area contributed by atoms with E-state index in [0.717, 1.165) is 0 Å². The van der Waals surface area contributed by atoms with Gasteiger partial charge in [0.1, 0.15) is 6.02 Å². The maximum absolute atomic E-state index is 10.4. The van der Waals surface area contributed by atoms with Crippen LogP contribution in [0.15, 0.2) is 0 Å². The van der Waals surface area contributed by atoms with Crippen LogP contribution in [0.5, 0.6) is 0 Å². The van der Waals surface area contributed by atoms with Gasteiger partial charge in [0.15, 0.2) is 5.96 Å². The van der Waals surface area contributed by atoms with Crippen molar-refractivity contribution in [3.8, 4) is 0 Å². The van der Waals surface area contributed by atoms with Crippen LogP contribution >= 0.6 is 0 Å². The number of guanidine groups is 1. The van der Waals surface area contributed by atoms with Gasteiger partial charge in [0.2, 0.25) is 0 Å². The van der Waals surface area contributed by atoms with Gasteiger partial charge in [-0.05, 0) is 12.8 Å². The summed E-state index contributed by atoms with van der Waals surface area (Å²) in [5.74, 6) is -2.09. The molecule has 12 heavy (non-hydrogen) atoms. The largest absolute Gasteiger partial charge is 0.480 e. The minimum absolute atomic E-state index is 0.334. The molecule has 6 heteroatoms. The van der Waals surface area contributed by atoms with Crippen LogP contribution in [0.25, 0.3) is 0 Å². The maximum atomic E-state index is 10.4. The molecule has 0 heterocycles. The monoisotopic (exact) mass is 177 g/mol. The van der Waals surface area contributed by atoms with Crippen LogP contribution in [0.2, 0.25) is 0 Å². The second kappa shape index (κ2) is 5.36. The summed E-state index contributed by atoms with van der Waals surface area (Å²) in [5, 5.41) is 17.3. The molecule has 0 unspecified atom stereocenters. The lowest BCUT2D eigenvalue weighted by molar-refractivity contribution is -0.138. The summed E-state index contributed by atoms with van der Waals surface area (Å²) in [7, 11) is 0. The van der Waals surface area contributed by atoms with E-state index in [4.69, 9.17) is 26.1 Å². The average molecular weight is 177 g/mol. The smallest absolute Gasteiger partial charge is 0.320 e. The zero-order valence-corrected chi connectivity index (χ0v) is 6.42. The fraction of sp³-hybridized carbons (Fsp3) is 0.667. The first-order valence-electron chi connectivity index (χ1n) is 4.71. The first-order chi connectivity index (χ1) is 6.57. The third-order valence-electron chi connectivity index (χ3n) is 1.02. The van der Waals surface area contributed by atoms with Crippen LogP contribution < -0.4 is 16.8 Å². The molecule has 0 aliphatic heterocycles. The zero-order valence-electron chi connectivity index (χ0n) is 9.42. The van der Waals surface area contributed by atoms with E-state index in [-0.39, 0.29) is 6.42 Å². The molecule has 0 fully saturated rings. The van der Waals surface area contributed by atoms with Crippen molar-refractivity contribution < 1.29 is 14.0 Å². The number of carbonyl (C=O) groups is 1. The zero-order chi connectivity index (χ0) is 12.3. The third-order valence-corrected chi connectivity index (χ3v) is 1.02. The standard InChI is InChI=1S/C6H14N4O2/c7-4(5(11)12)2-1-3-10-6(8)9/h4H,1-3,7H2,(H,11,12)(H4,8,9,10)/t4-/m0/s1/i3+0D2,4D. The molecular formula is C6H14N4O2. The molecule has 0 radical (unpaired) electrons. The van der Waals surface area contributed by atoms with Gasteiger partial charge >= 0.3 is 5.97 Å². The minimum Gasteiger partial charge on any atom is -0.480 e. The molecule has 70 valence electrons. The lowest BCUT2D eigenvalue weighted by Crippen LogP contribution is -2.34. The number of aliphatic carboxylic acids is 1. The molecule has 7 N–H and O–H groups in total. The number of carboxylic acid groups (broad SMARTS) is 1. The van der Waals surface area contributed by atoms with Crippen molar-refractivity contribution in [2.45, 2.75) is 18.9 Å². The molecule has 1 atom stereocenters. The van der Waals surface area contributed by atoms with Crippen LogP contribution in [0.4, 0.5) is 0 Å². The highest BCUT2D eigenvalue weighted by molar-refractivity contribution is 5.74. The van der Waals surface area contributed by atoms with E-state index in [1.807, 2.05) is 5.32 Å². The Morgan fingerprint density at radius 3 is 2.92 bits per heavy atom. The van der Waals surface area contributed by atoms with Crippen molar-refractivity contribution >= 4 is 11.9 Å². The van der Waals surface area contributed by atoms with Crippen molar-refractivity contribution in [1.82, 2.24) is 5.32 Å². The van der Waals surface area contributed by atoms with Crippen molar-refractivity contribution in [3.05, 3.63) is 0 Å². The molecule has 0 aliphatic carbocycles. The molecule has 0 rings (SSSR count). The second-order valence-electron chi connectivity index (χ2n) is 2.05. The van der Waals surface area contributed by atoms with Gasteiger partial charge in [0.25, 0.3) is 0 Å². The summed E-state index contributed by atoms with van der Waals surface area (Å²) in [6.45, 7) is -2.05. The average Bonchev–Trinajstić information content (AvgIpc) is 1.98. The summed E-state index contributed by atoms with van der Waals surface area (Å²) in [6.07, 6.45) is -0.728. The lowest BCUT2D eigenvalue weighted by atomic mass is 10.2. The van der Waals surface area contributed by atoms with E-state index in [0.29, 0.717) is 0 Å². The van der Waals surface area contributed by atoms with Gasteiger partial charge in [0, 0.05) is 9.24 Å². The molecule has 0 bridgehead atoms. The Morgan fingerprint density at radius 2 is 2.50 bits per heavy atom. The summed E-state index contributed by atoms with van der Waals surface area (Å²) < 4.78 is 21.7. The Bertz CT molecular complexity index is 269. The predicted molar refractivity (Wildman–Crippen MR) is 44.8 cm³/mol. The molecule has 0 aromatic heterocycles. The highest BCUT2D eigenvalue weighted by Gasteiger charge is 2.09. The number of rotatable bonds is 5. The van der Waals surface area contributed by atoms with E-state index in [2.05, 4.69) is 0 Å². The van der Waals surface area contributed by atoms with Gasteiger partial charge in [0.05, 0.1) is 1.37 Å². The quantitative estimate of drug-likeness (QED) is 0.262. The van der Waals surface area contributed by atoms with E-state index in [1.54, 1.807) is 0 Å². The predicted octanol–water partition coefficient (Wildman–Crippen LogP) is -1.34. The van der Waals surface area contributed by atoms with Crippen LogP contribution in [0, 0.1) is 5.41 Å². The number of nitrogens with two attached hydrogens (primary N) is 2. The molecule has 0 saturated carbocycles. The van der Waals surface area contributed by atoms with Crippen molar-refractivity contribution in [1.29, 1.82) is 5.41 Å². The Kier molecular flexibility index (Phi) is 2.79. The first kappa shape index (κ1) is 6.24.